The van der Waals surface area contributed by atoms with Crippen LogP contribution in [-0.2, 0) is 12.4 Å². The predicted octanol–water partition coefficient (Wildman–Crippen LogP) is 5.34. The molecule has 0 saturated heterocycles. The molecule has 0 radical (unpaired) electrons. The molecule has 126 valence electrons. The second kappa shape index (κ2) is 6.66. The maximum atomic E-state index is 13.0. The van der Waals surface area contributed by atoms with Gasteiger partial charge in [-0.05, 0) is 36.5 Å². The van der Waals surface area contributed by atoms with Crippen LogP contribution >= 0.6 is 12.4 Å². The Kier molecular flexibility index (Phi) is 5.78. The molecule has 1 saturated carbocycles. The van der Waals surface area contributed by atoms with Crippen LogP contribution in [-0.4, -0.2) is 0 Å². The van der Waals surface area contributed by atoms with Gasteiger partial charge in [-0.2, -0.15) is 26.3 Å². The normalized spacial score (nSPS) is 18.1. The van der Waals surface area contributed by atoms with Crippen LogP contribution in [0.4, 0.5) is 26.3 Å². The summed E-state index contributed by atoms with van der Waals surface area (Å²) in [7, 11) is 0. The first-order valence-electron chi connectivity index (χ1n) is 6.64. The van der Waals surface area contributed by atoms with Gasteiger partial charge in [0, 0.05) is 6.04 Å². The fourth-order valence-corrected chi connectivity index (χ4v) is 2.84. The lowest BCUT2D eigenvalue weighted by atomic mass is 9.88. The van der Waals surface area contributed by atoms with Gasteiger partial charge in [0.25, 0.3) is 0 Å². The van der Waals surface area contributed by atoms with E-state index in [0.717, 1.165) is 18.9 Å². The molecule has 0 heterocycles. The van der Waals surface area contributed by atoms with Gasteiger partial charge in [0.05, 0.1) is 11.1 Å². The summed E-state index contributed by atoms with van der Waals surface area (Å²) in [6.07, 6.45) is -6.47. The molecule has 1 fully saturated rings. The summed E-state index contributed by atoms with van der Waals surface area (Å²) in [6.45, 7) is 0. The molecule has 2 N–H and O–H groups in total. The van der Waals surface area contributed by atoms with E-state index in [0.29, 0.717) is 18.9 Å². The molecule has 1 aliphatic carbocycles. The Bertz CT molecular complexity index is 505. The Morgan fingerprint density at radius 1 is 0.955 bits per heavy atom. The van der Waals surface area contributed by atoms with Gasteiger partial charge in [0.1, 0.15) is 0 Å². The molecule has 1 atom stereocenters. The lowest BCUT2D eigenvalue weighted by Crippen LogP contribution is -2.24. The van der Waals surface area contributed by atoms with Crippen molar-refractivity contribution in [1.82, 2.24) is 0 Å². The van der Waals surface area contributed by atoms with Gasteiger partial charge < -0.3 is 5.73 Å². The Labute approximate surface area is 130 Å². The molecule has 1 aromatic rings. The summed E-state index contributed by atoms with van der Waals surface area (Å²) in [5, 5.41) is 0. The van der Waals surface area contributed by atoms with E-state index in [4.69, 9.17) is 5.73 Å². The zero-order chi connectivity index (χ0) is 15.8. The van der Waals surface area contributed by atoms with Gasteiger partial charge in [0.2, 0.25) is 0 Å². The van der Waals surface area contributed by atoms with E-state index in [1.807, 2.05) is 0 Å². The largest absolute Gasteiger partial charge is 0.416 e. The third kappa shape index (κ3) is 4.07. The number of hydrogen-bond donors (Lipinski definition) is 1. The lowest BCUT2D eigenvalue weighted by molar-refractivity contribution is -0.143. The van der Waals surface area contributed by atoms with Crippen molar-refractivity contribution < 1.29 is 26.3 Å². The average molecular weight is 348 g/mol. The smallest absolute Gasteiger partial charge is 0.324 e. The number of halogens is 7. The van der Waals surface area contributed by atoms with E-state index in [1.54, 1.807) is 0 Å². The molecule has 0 unspecified atom stereocenters. The molecule has 1 aromatic carbocycles. The van der Waals surface area contributed by atoms with E-state index < -0.39 is 29.5 Å². The van der Waals surface area contributed by atoms with E-state index >= 15 is 0 Å². The number of alkyl halides is 6. The average Bonchev–Trinajstić information content (AvgIpc) is 2.89. The lowest BCUT2D eigenvalue weighted by Gasteiger charge is -2.24. The highest BCUT2D eigenvalue weighted by Crippen LogP contribution is 2.42. The van der Waals surface area contributed by atoms with Gasteiger partial charge in [-0.25, -0.2) is 0 Å². The van der Waals surface area contributed by atoms with Gasteiger partial charge >= 0.3 is 12.4 Å². The Hall–Kier alpha value is -0.950. The first kappa shape index (κ1) is 19.1. The Morgan fingerprint density at radius 3 is 1.95 bits per heavy atom. The van der Waals surface area contributed by atoms with Crippen LogP contribution in [0.2, 0.25) is 0 Å². The quantitative estimate of drug-likeness (QED) is 0.718. The fourth-order valence-electron chi connectivity index (χ4n) is 2.84. The predicted molar refractivity (Wildman–Crippen MR) is 72.6 cm³/mol. The second-order valence-corrected chi connectivity index (χ2v) is 5.37. The summed E-state index contributed by atoms with van der Waals surface area (Å²) in [5.74, 6) is -0.108. The van der Waals surface area contributed by atoms with Crippen molar-refractivity contribution in [2.75, 3.05) is 0 Å². The van der Waals surface area contributed by atoms with Crippen molar-refractivity contribution in [2.45, 2.75) is 44.1 Å². The van der Waals surface area contributed by atoms with Crippen molar-refractivity contribution in [3.05, 3.63) is 34.9 Å². The Balaban J connectivity index is 0.00000242. The number of rotatable bonds is 2. The van der Waals surface area contributed by atoms with Crippen LogP contribution < -0.4 is 5.73 Å². The van der Waals surface area contributed by atoms with Crippen LogP contribution in [0.1, 0.15) is 48.4 Å². The molecule has 8 heteroatoms. The monoisotopic (exact) mass is 347 g/mol. The van der Waals surface area contributed by atoms with Gasteiger partial charge in [-0.15, -0.1) is 12.4 Å². The van der Waals surface area contributed by atoms with Crippen LogP contribution in [0.15, 0.2) is 18.2 Å². The molecule has 2 rings (SSSR count). The minimum Gasteiger partial charge on any atom is -0.324 e. The molecule has 0 bridgehead atoms. The van der Waals surface area contributed by atoms with Crippen molar-refractivity contribution in [3.63, 3.8) is 0 Å². The topological polar surface area (TPSA) is 26.0 Å². The van der Waals surface area contributed by atoms with Crippen molar-refractivity contribution >= 4 is 12.4 Å². The summed E-state index contributed by atoms with van der Waals surface area (Å²) in [6, 6.07) is 0.810. The first-order chi connectivity index (χ1) is 9.60. The van der Waals surface area contributed by atoms with E-state index in [2.05, 4.69) is 0 Å². The van der Waals surface area contributed by atoms with Gasteiger partial charge in [-0.1, -0.05) is 18.9 Å². The summed E-state index contributed by atoms with van der Waals surface area (Å²) >= 11 is 0. The molecule has 1 nitrogen and oxygen atoms in total. The van der Waals surface area contributed by atoms with Crippen LogP contribution in [0.5, 0.6) is 0 Å². The van der Waals surface area contributed by atoms with Crippen LogP contribution in [0, 0.1) is 5.92 Å². The summed E-state index contributed by atoms with van der Waals surface area (Å²) in [5.41, 5.74) is 3.04. The van der Waals surface area contributed by atoms with Crippen molar-refractivity contribution in [1.29, 1.82) is 0 Å². The van der Waals surface area contributed by atoms with Gasteiger partial charge in [0.15, 0.2) is 0 Å². The molecule has 1 aliphatic rings. The number of nitrogens with two attached hydrogens (primary N) is 1. The fraction of sp³-hybridized carbons (Fsp3) is 0.571. The zero-order valence-electron chi connectivity index (χ0n) is 11.5. The summed E-state index contributed by atoms with van der Waals surface area (Å²) in [4.78, 5) is 0. The maximum absolute atomic E-state index is 13.0. The van der Waals surface area contributed by atoms with E-state index in [9.17, 15) is 26.3 Å². The molecule has 0 aromatic heterocycles. The third-order valence-electron chi connectivity index (χ3n) is 3.95. The van der Waals surface area contributed by atoms with Crippen LogP contribution in [0.25, 0.3) is 0 Å². The van der Waals surface area contributed by atoms with Crippen molar-refractivity contribution in [3.8, 4) is 0 Å². The number of hydrogen-bond acceptors (Lipinski definition) is 1. The zero-order valence-corrected chi connectivity index (χ0v) is 12.3. The van der Waals surface area contributed by atoms with Crippen LogP contribution in [0.3, 0.4) is 0 Å². The molecule has 0 amide bonds. The molecule has 0 aliphatic heterocycles. The highest BCUT2D eigenvalue weighted by Gasteiger charge is 2.40. The highest BCUT2D eigenvalue weighted by atomic mass is 35.5. The number of benzene rings is 1. The standard InChI is InChI=1S/C14H15F6N.ClH/c15-13(16,17)9-5-6-10(11(7-9)14(18,19)20)12(21)8-3-1-2-4-8;/h5-8,12H,1-4,21H2;1H/t12-;/m1./s1. The SMILES string of the molecule is Cl.N[C@@H](c1ccc(C(F)(F)F)cc1C(F)(F)F)C1CCCC1. The third-order valence-corrected chi connectivity index (χ3v) is 3.95. The summed E-state index contributed by atoms with van der Waals surface area (Å²) < 4.78 is 76.9. The minimum absolute atomic E-state index is 0. The molecule has 0 spiro atoms. The second-order valence-electron chi connectivity index (χ2n) is 5.37. The van der Waals surface area contributed by atoms with Crippen molar-refractivity contribution in [2.24, 2.45) is 11.7 Å². The van der Waals surface area contributed by atoms with E-state index in [-0.39, 0.29) is 30.0 Å². The molecular formula is C14H16ClF6N. The van der Waals surface area contributed by atoms with Gasteiger partial charge in [-0.3, -0.25) is 0 Å². The highest BCUT2D eigenvalue weighted by molar-refractivity contribution is 5.85. The Morgan fingerprint density at radius 2 is 1.50 bits per heavy atom. The minimum atomic E-state index is -4.85. The molecular weight excluding hydrogens is 332 g/mol. The van der Waals surface area contributed by atoms with E-state index in [1.165, 1.54) is 0 Å². The molecule has 22 heavy (non-hydrogen) atoms. The maximum Gasteiger partial charge on any atom is 0.416 e. The first-order valence-corrected chi connectivity index (χ1v) is 6.64.